The maximum absolute atomic E-state index is 5.99. The number of hydrogen-bond acceptors (Lipinski definition) is 4. The molecule has 3 unspecified atom stereocenters. The van der Waals surface area contributed by atoms with Crippen molar-refractivity contribution in [2.75, 3.05) is 17.6 Å². The van der Waals surface area contributed by atoms with Crippen molar-refractivity contribution in [1.29, 1.82) is 0 Å². The standard InChI is InChI=1S/C14H21N3S/c15-13-12(9-3-4-9)14(18-17-13)16-7-11-6-8-1-2-10(11)5-8/h8-11,16H,1-7H2,(H2,15,17). The fourth-order valence-electron chi connectivity index (χ4n) is 4.05. The van der Waals surface area contributed by atoms with Crippen LogP contribution in [0.5, 0.6) is 0 Å². The Morgan fingerprint density at radius 3 is 2.78 bits per heavy atom. The third kappa shape index (κ3) is 1.81. The molecule has 3 saturated carbocycles. The number of aromatic nitrogens is 1. The van der Waals surface area contributed by atoms with Gasteiger partial charge >= 0.3 is 0 Å². The largest absolute Gasteiger partial charge is 0.383 e. The van der Waals surface area contributed by atoms with E-state index in [9.17, 15) is 0 Å². The Morgan fingerprint density at radius 1 is 1.22 bits per heavy atom. The van der Waals surface area contributed by atoms with Crippen molar-refractivity contribution >= 4 is 22.4 Å². The molecule has 0 spiro atoms. The van der Waals surface area contributed by atoms with Gasteiger partial charge in [-0.15, -0.1) is 0 Å². The Hall–Kier alpha value is -0.770. The number of nitrogens with two attached hydrogens (primary N) is 1. The summed E-state index contributed by atoms with van der Waals surface area (Å²) in [6.45, 7) is 1.14. The van der Waals surface area contributed by atoms with E-state index < -0.39 is 0 Å². The van der Waals surface area contributed by atoms with E-state index in [1.165, 1.54) is 49.1 Å². The molecule has 3 aliphatic carbocycles. The lowest BCUT2D eigenvalue weighted by atomic mass is 9.89. The molecule has 1 aromatic heterocycles. The molecule has 3 fully saturated rings. The monoisotopic (exact) mass is 263 g/mol. The normalized spacial score (nSPS) is 34.1. The fourth-order valence-corrected chi connectivity index (χ4v) is 4.86. The molecule has 0 aromatic carbocycles. The number of hydrogen-bond donors (Lipinski definition) is 2. The molecule has 3 N–H and O–H groups in total. The summed E-state index contributed by atoms with van der Waals surface area (Å²) < 4.78 is 4.33. The summed E-state index contributed by atoms with van der Waals surface area (Å²) in [5, 5.41) is 4.92. The minimum absolute atomic E-state index is 0.700. The van der Waals surface area contributed by atoms with Crippen LogP contribution in [0, 0.1) is 17.8 Å². The van der Waals surface area contributed by atoms with Gasteiger partial charge in [0.1, 0.15) is 10.8 Å². The smallest absolute Gasteiger partial charge is 0.142 e. The van der Waals surface area contributed by atoms with Gasteiger partial charge < -0.3 is 11.1 Å². The molecule has 4 rings (SSSR count). The lowest BCUT2D eigenvalue weighted by Gasteiger charge is -2.22. The van der Waals surface area contributed by atoms with Gasteiger partial charge in [-0.25, -0.2) is 0 Å². The number of nitrogens with one attached hydrogen (secondary N) is 1. The van der Waals surface area contributed by atoms with Crippen LogP contribution in [0.2, 0.25) is 0 Å². The number of anilines is 2. The molecule has 3 nitrogen and oxygen atoms in total. The van der Waals surface area contributed by atoms with Gasteiger partial charge in [-0.2, -0.15) is 4.37 Å². The molecule has 98 valence electrons. The van der Waals surface area contributed by atoms with Crippen molar-refractivity contribution in [3.63, 3.8) is 0 Å². The third-order valence-electron chi connectivity index (χ3n) is 5.15. The predicted octanol–water partition coefficient (Wildman–Crippen LogP) is 3.45. The minimum Gasteiger partial charge on any atom is -0.383 e. The van der Waals surface area contributed by atoms with E-state index in [1.807, 2.05) is 0 Å². The Balaban J connectivity index is 1.43. The van der Waals surface area contributed by atoms with Gasteiger partial charge in [0.25, 0.3) is 0 Å². The molecule has 1 aromatic rings. The maximum atomic E-state index is 5.99. The van der Waals surface area contributed by atoms with E-state index in [-0.39, 0.29) is 0 Å². The van der Waals surface area contributed by atoms with E-state index in [4.69, 9.17) is 5.73 Å². The first kappa shape index (κ1) is 11.1. The van der Waals surface area contributed by atoms with Crippen molar-refractivity contribution < 1.29 is 0 Å². The summed E-state index contributed by atoms with van der Waals surface area (Å²) in [7, 11) is 0. The van der Waals surface area contributed by atoms with Crippen LogP contribution in [0.3, 0.4) is 0 Å². The van der Waals surface area contributed by atoms with Crippen molar-refractivity contribution in [3.05, 3.63) is 5.56 Å². The Morgan fingerprint density at radius 2 is 2.11 bits per heavy atom. The van der Waals surface area contributed by atoms with Gasteiger partial charge in [0.2, 0.25) is 0 Å². The van der Waals surface area contributed by atoms with E-state index >= 15 is 0 Å². The second kappa shape index (κ2) is 4.12. The Labute approximate surface area is 112 Å². The molecule has 4 heteroatoms. The highest BCUT2D eigenvalue weighted by atomic mass is 32.1. The molecule has 0 amide bonds. The summed E-state index contributed by atoms with van der Waals surface area (Å²) in [5.41, 5.74) is 7.31. The summed E-state index contributed by atoms with van der Waals surface area (Å²) >= 11 is 1.56. The van der Waals surface area contributed by atoms with Crippen LogP contribution in [0.25, 0.3) is 0 Å². The highest BCUT2D eigenvalue weighted by molar-refractivity contribution is 7.10. The molecular weight excluding hydrogens is 242 g/mol. The van der Waals surface area contributed by atoms with Crippen molar-refractivity contribution in [2.24, 2.45) is 17.8 Å². The van der Waals surface area contributed by atoms with Crippen LogP contribution < -0.4 is 11.1 Å². The summed E-state index contributed by atoms with van der Waals surface area (Å²) in [6.07, 6.45) is 8.49. The van der Waals surface area contributed by atoms with Gasteiger partial charge in [-0.1, -0.05) is 6.42 Å². The number of nitrogen functional groups attached to an aromatic ring is 1. The number of fused-ring (bicyclic) bond motifs is 2. The summed E-state index contributed by atoms with van der Waals surface area (Å²) in [5.74, 6) is 4.41. The Bertz CT molecular complexity index is 452. The first-order valence-electron chi connectivity index (χ1n) is 7.30. The summed E-state index contributed by atoms with van der Waals surface area (Å²) in [4.78, 5) is 0. The molecule has 3 aliphatic rings. The molecule has 1 heterocycles. The van der Waals surface area contributed by atoms with Crippen LogP contribution in [-0.4, -0.2) is 10.9 Å². The summed E-state index contributed by atoms with van der Waals surface area (Å²) in [6, 6.07) is 0. The number of nitrogens with zero attached hydrogens (tertiary/aromatic N) is 1. The predicted molar refractivity (Wildman–Crippen MR) is 75.9 cm³/mol. The zero-order chi connectivity index (χ0) is 12.1. The average Bonchev–Trinajstić information content (AvgIpc) is 2.84. The number of rotatable bonds is 4. The van der Waals surface area contributed by atoms with Crippen LogP contribution in [0.15, 0.2) is 0 Å². The van der Waals surface area contributed by atoms with E-state index in [0.29, 0.717) is 5.92 Å². The molecule has 0 radical (unpaired) electrons. The highest BCUT2D eigenvalue weighted by Crippen LogP contribution is 2.50. The minimum atomic E-state index is 0.700. The van der Waals surface area contributed by atoms with Crippen LogP contribution in [0.1, 0.15) is 50.0 Å². The topological polar surface area (TPSA) is 50.9 Å². The van der Waals surface area contributed by atoms with Gasteiger partial charge in [-0.05, 0) is 67.3 Å². The quantitative estimate of drug-likeness (QED) is 0.874. The van der Waals surface area contributed by atoms with Crippen molar-refractivity contribution in [3.8, 4) is 0 Å². The first-order chi connectivity index (χ1) is 8.81. The average molecular weight is 263 g/mol. The van der Waals surface area contributed by atoms with Gasteiger partial charge in [0.05, 0.1) is 0 Å². The fraction of sp³-hybridized carbons (Fsp3) is 0.786. The third-order valence-corrected chi connectivity index (χ3v) is 5.99. The van der Waals surface area contributed by atoms with Gasteiger partial charge in [-0.3, -0.25) is 0 Å². The molecule has 0 aliphatic heterocycles. The van der Waals surface area contributed by atoms with E-state index in [2.05, 4.69) is 9.69 Å². The van der Waals surface area contributed by atoms with Gasteiger partial charge in [0, 0.05) is 12.1 Å². The van der Waals surface area contributed by atoms with Crippen LogP contribution >= 0.6 is 11.5 Å². The first-order valence-corrected chi connectivity index (χ1v) is 8.07. The molecule has 3 atom stereocenters. The highest BCUT2D eigenvalue weighted by Gasteiger charge is 2.39. The molecule has 2 bridgehead atoms. The lowest BCUT2D eigenvalue weighted by molar-refractivity contribution is 0.348. The lowest BCUT2D eigenvalue weighted by Crippen LogP contribution is -2.20. The van der Waals surface area contributed by atoms with E-state index in [0.717, 1.165) is 30.1 Å². The Kier molecular flexibility index (Phi) is 2.54. The second-order valence-corrected chi connectivity index (χ2v) is 7.17. The van der Waals surface area contributed by atoms with Crippen molar-refractivity contribution in [1.82, 2.24) is 4.37 Å². The molecule has 0 saturated heterocycles. The SMILES string of the molecule is Nc1nsc(NCC2CC3CCC2C3)c1C1CC1. The van der Waals surface area contributed by atoms with Gasteiger partial charge in [0.15, 0.2) is 0 Å². The van der Waals surface area contributed by atoms with Crippen LogP contribution in [-0.2, 0) is 0 Å². The zero-order valence-electron chi connectivity index (χ0n) is 10.7. The molecular formula is C14H21N3S. The second-order valence-electron chi connectivity index (χ2n) is 6.40. The molecule has 18 heavy (non-hydrogen) atoms. The maximum Gasteiger partial charge on any atom is 0.142 e. The van der Waals surface area contributed by atoms with Crippen molar-refractivity contribution in [2.45, 2.75) is 44.4 Å². The van der Waals surface area contributed by atoms with Crippen LogP contribution in [0.4, 0.5) is 10.8 Å². The van der Waals surface area contributed by atoms with E-state index in [1.54, 1.807) is 11.5 Å². The zero-order valence-corrected chi connectivity index (χ0v) is 11.5.